The molecular formula is C29H33Cl2N5O5. The van der Waals surface area contributed by atoms with Crippen molar-refractivity contribution in [2.45, 2.75) is 31.4 Å². The summed E-state index contributed by atoms with van der Waals surface area (Å²) in [5.41, 5.74) is 1.34. The van der Waals surface area contributed by atoms with Gasteiger partial charge in [0.05, 0.1) is 54.8 Å². The summed E-state index contributed by atoms with van der Waals surface area (Å²) < 4.78 is 22.4. The second-order valence-corrected chi connectivity index (χ2v) is 11.3. The number of ether oxygens (including phenoxy) is 4. The minimum Gasteiger partial charge on any atom is -0.495 e. The van der Waals surface area contributed by atoms with Gasteiger partial charge in [-0.25, -0.2) is 15.0 Å². The van der Waals surface area contributed by atoms with E-state index in [1.54, 1.807) is 19.4 Å². The van der Waals surface area contributed by atoms with E-state index < -0.39 is 0 Å². The first-order valence-electron chi connectivity index (χ1n) is 13.3. The van der Waals surface area contributed by atoms with Crippen LogP contribution >= 0.6 is 23.2 Å². The summed E-state index contributed by atoms with van der Waals surface area (Å²) in [4.78, 5) is 28.7. The summed E-state index contributed by atoms with van der Waals surface area (Å²) >= 11 is 13.5. The Kier molecular flexibility index (Phi) is 8.56. The maximum Gasteiger partial charge on any atom is 0.223 e. The predicted molar refractivity (Wildman–Crippen MR) is 160 cm³/mol. The van der Waals surface area contributed by atoms with E-state index in [-0.39, 0.29) is 23.3 Å². The molecule has 0 saturated carbocycles. The average molecular weight is 603 g/mol. The fraction of sp³-hybridized carbons (Fsp3) is 0.448. The third-order valence-electron chi connectivity index (χ3n) is 7.81. The van der Waals surface area contributed by atoms with Gasteiger partial charge in [-0.05, 0) is 25.5 Å². The van der Waals surface area contributed by atoms with E-state index in [4.69, 9.17) is 52.1 Å². The van der Waals surface area contributed by atoms with Gasteiger partial charge >= 0.3 is 0 Å². The van der Waals surface area contributed by atoms with Gasteiger partial charge in [0.1, 0.15) is 17.0 Å². The molecule has 0 aliphatic carbocycles. The number of halogens is 2. The largest absolute Gasteiger partial charge is 0.495 e. The number of allylic oxidation sites excluding steroid dienone is 1. The first-order valence-corrected chi connectivity index (χ1v) is 14.0. The molecule has 2 aliphatic rings. The third kappa shape index (κ3) is 5.79. The van der Waals surface area contributed by atoms with Gasteiger partial charge in [-0.2, -0.15) is 0 Å². The molecule has 41 heavy (non-hydrogen) atoms. The number of rotatable bonds is 10. The maximum atomic E-state index is 12.0. The van der Waals surface area contributed by atoms with Crippen molar-refractivity contribution in [2.75, 3.05) is 57.8 Å². The number of pyridine rings is 1. The van der Waals surface area contributed by atoms with Gasteiger partial charge < -0.3 is 29.2 Å². The van der Waals surface area contributed by atoms with Crippen molar-refractivity contribution >= 4 is 51.7 Å². The lowest BCUT2D eigenvalue weighted by molar-refractivity contribution is -0.115. The number of aromatic nitrogens is 3. The highest BCUT2D eigenvalue weighted by molar-refractivity contribution is 6.41. The highest BCUT2D eigenvalue weighted by Gasteiger charge is 2.36. The molecule has 218 valence electrons. The van der Waals surface area contributed by atoms with E-state index in [1.807, 2.05) is 6.07 Å². The van der Waals surface area contributed by atoms with Gasteiger partial charge in [-0.15, -0.1) is 0 Å². The lowest BCUT2D eigenvalue weighted by Gasteiger charge is -2.25. The Hall–Kier alpha value is -3.18. The molecule has 3 atom stereocenters. The van der Waals surface area contributed by atoms with Gasteiger partial charge in [0.2, 0.25) is 5.95 Å². The fourth-order valence-electron chi connectivity index (χ4n) is 5.30. The third-order valence-corrected chi connectivity index (χ3v) is 8.56. The standard InChI is InChI=1S/C29H33Cl2N5O5/c1-6-18(37)9-17-13-41-14-20(17)34-28-32-12-16-10-19(23-24(30)21(38-3)11-22(39-4)25(23)31)33-27(26(16)35-28)36-8-7-29(2,15-36)40-5/h6,10-12,17,20H,1,7-9,13-15H2,2-5H3,(H,32,34,35)/t17-,20+,29?/m0/s1. The second-order valence-electron chi connectivity index (χ2n) is 10.5. The molecule has 5 rings (SSSR count). The summed E-state index contributed by atoms with van der Waals surface area (Å²) in [7, 11) is 4.78. The Labute approximate surface area is 248 Å². The number of anilines is 2. The van der Waals surface area contributed by atoms with Crippen molar-refractivity contribution in [2.24, 2.45) is 5.92 Å². The number of hydrogen-bond donors (Lipinski definition) is 1. The van der Waals surface area contributed by atoms with E-state index in [9.17, 15) is 4.79 Å². The number of carbonyl (C=O) groups excluding carboxylic acids is 1. The molecule has 1 unspecified atom stereocenters. The smallest absolute Gasteiger partial charge is 0.223 e. The van der Waals surface area contributed by atoms with E-state index in [2.05, 4.69) is 28.7 Å². The monoisotopic (exact) mass is 601 g/mol. The molecule has 2 aromatic heterocycles. The number of nitrogens with zero attached hydrogens (tertiary/aromatic N) is 4. The van der Waals surface area contributed by atoms with Gasteiger partial charge in [0.15, 0.2) is 11.6 Å². The van der Waals surface area contributed by atoms with Crippen molar-refractivity contribution in [3.63, 3.8) is 0 Å². The lowest BCUT2D eigenvalue weighted by atomic mass is 9.97. The molecule has 3 aromatic rings. The van der Waals surface area contributed by atoms with Crippen LogP contribution < -0.4 is 19.7 Å². The summed E-state index contributed by atoms with van der Waals surface area (Å²) in [5, 5.41) is 4.76. The molecule has 0 spiro atoms. The van der Waals surface area contributed by atoms with E-state index in [0.29, 0.717) is 82.8 Å². The van der Waals surface area contributed by atoms with Crippen molar-refractivity contribution < 1.29 is 23.7 Å². The minimum absolute atomic E-state index is 0.00640. The Morgan fingerprint density at radius 2 is 1.93 bits per heavy atom. The molecule has 0 bridgehead atoms. The van der Waals surface area contributed by atoms with Gasteiger partial charge in [-0.3, -0.25) is 4.79 Å². The number of hydrogen-bond acceptors (Lipinski definition) is 10. The van der Waals surface area contributed by atoms with Gasteiger partial charge in [-0.1, -0.05) is 29.8 Å². The Morgan fingerprint density at radius 3 is 2.56 bits per heavy atom. The summed E-state index contributed by atoms with van der Waals surface area (Å²) in [6, 6.07) is 3.38. The van der Waals surface area contributed by atoms with Crippen molar-refractivity contribution in [1.29, 1.82) is 0 Å². The molecule has 2 fully saturated rings. The van der Waals surface area contributed by atoms with Crippen LogP contribution in [0.4, 0.5) is 11.8 Å². The second kappa shape index (κ2) is 12.0. The van der Waals surface area contributed by atoms with Crippen LogP contribution in [0.3, 0.4) is 0 Å². The molecular weight excluding hydrogens is 569 g/mol. The highest BCUT2D eigenvalue weighted by atomic mass is 35.5. The van der Waals surface area contributed by atoms with Crippen LogP contribution in [0, 0.1) is 5.92 Å². The van der Waals surface area contributed by atoms with Crippen molar-refractivity contribution in [3.8, 4) is 22.8 Å². The molecule has 1 N–H and O–H groups in total. The van der Waals surface area contributed by atoms with E-state index in [0.717, 1.165) is 11.8 Å². The number of ketones is 1. The highest BCUT2D eigenvalue weighted by Crippen LogP contribution is 2.46. The topological polar surface area (TPSA) is 108 Å². The van der Waals surface area contributed by atoms with Crippen molar-refractivity contribution in [1.82, 2.24) is 15.0 Å². The number of carbonyl (C=O) groups is 1. The van der Waals surface area contributed by atoms with Crippen LogP contribution in [0.25, 0.3) is 22.2 Å². The predicted octanol–water partition coefficient (Wildman–Crippen LogP) is 5.20. The van der Waals surface area contributed by atoms with Crippen molar-refractivity contribution in [3.05, 3.63) is 41.0 Å². The normalized spacial score (nSPS) is 22.2. The summed E-state index contributed by atoms with van der Waals surface area (Å²) in [5.74, 6) is 1.88. The Bertz CT molecular complexity index is 1460. The molecule has 2 aliphatic heterocycles. The zero-order chi connectivity index (χ0) is 29.3. The molecule has 1 aromatic carbocycles. The van der Waals surface area contributed by atoms with Crippen LogP contribution in [-0.2, 0) is 14.3 Å². The zero-order valence-corrected chi connectivity index (χ0v) is 25.0. The molecule has 10 nitrogen and oxygen atoms in total. The van der Waals surface area contributed by atoms with Crippen LogP contribution in [0.1, 0.15) is 19.8 Å². The summed E-state index contributed by atoms with van der Waals surface area (Å²) in [6.07, 6.45) is 4.25. The van der Waals surface area contributed by atoms with E-state index >= 15 is 0 Å². The van der Waals surface area contributed by atoms with Crippen LogP contribution in [0.5, 0.6) is 11.5 Å². The number of fused-ring (bicyclic) bond motifs is 1. The average Bonchev–Trinajstić information content (AvgIpc) is 3.59. The SMILES string of the molecule is C=CC(=O)C[C@H]1COC[C@H]1Nc1ncc2cc(-c3c(Cl)c(OC)cc(OC)c3Cl)nc(N3CCC(C)(OC)C3)c2n1. The van der Waals surface area contributed by atoms with Gasteiger partial charge in [0, 0.05) is 55.8 Å². The first kappa shape index (κ1) is 29.3. The summed E-state index contributed by atoms with van der Waals surface area (Å²) in [6.45, 7) is 7.93. The van der Waals surface area contributed by atoms with Crippen LogP contribution in [-0.4, -0.2) is 80.0 Å². The number of methoxy groups -OCH3 is 3. The van der Waals surface area contributed by atoms with Crippen LogP contribution in [0.15, 0.2) is 31.0 Å². The molecule has 0 radical (unpaired) electrons. The maximum absolute atomic E-state index is 12.0. The van der Waals surface area contributed by atoms with Gasteiger partial charge in [0.25, 0.3) is 0 Å². The molecule has 4 heterocycles. The number of nitrogens with one attached hydrogen (secondary N) is 1. The minimum atomic E-state index is -0.335. The molecule has 2 saturated heterocycles. The zero-order valence-electron chi connectivity index (χ0n) is 23.5. The van der Waals surface area contributed by atoms with E-state index in [1.165, 1.54) is 20.3 Å². The molecule has 0 amide bonds. The van der Waals surface area contributed by atoms with Crippen LogP contribution in [0.2, 0.25) is 10.0 Å². The Balaban J connectivity index is 1.61. The lowest BCUT2D eigenvalue weighted by Crippen LogP contribution is -2.32. The first-order chi connectivity index (χ1) is 19.7. The quantitative estimate of drug-likeness (QED) is 0.311. The Morgan fingerprint density at radius 1 is 1.20 bits per heavy atom. The fourth-order valence-corrected chi connectivity index (χ4v) is 5.99. The number of benzene rings is 1. The molecule has 12 heteroatoms.